The number of benzene rings is 2. The van der Waals surface area contributed by atoms with Gasteiger partial charge >= 0.3 is 6.09 Å². The maximum atomic E-state index is 12.1. The Labute approximate surface area is 151 Å². The number of halogens is 1. The van der Waals surface area contributed by atoms with Crippen molar-refractivity contribution in [2.24, 2.45) is 0 Å². The summed E-state index contributed by atoms with van der Waals surface area (Å²) in [6, 6.07) is 16.7. The van der Waals surface area contributed by atoms with E-state index in [1.807, 2.05) is 61.5 Å². The van der Waals surface area contributed by atoms with E-state index in [4.69, 9.17) is 21.2 Å². The second-order valence-electron chi connectivity index (χ2n) is 5.65. The zero-order valence-electron chi connectivity index (χ0n) is 13.8. The predicted octanol–water partition coefficient (Wildman–Crippen LogP) is 4.29. The average Bonchev–Trinajstić information content (AvgIpc) is 2.63. The first-order valence-electron chi connectivity index (χ1n) is 7.99. The summed E-state index contributed by atoms with van der Waals surface area (Å²) in [6.07, 6.45) is 2.66. The number of nitrogens with one attached hydrogen (secondary N) is 1. The number of alkyl carbamates (subject to hydrolysis) is 1. The molecule has 1 heterocycles. The van der Waals surface area contributed by atoms with Crippen molar-refractivity contribution in [2.75, 3.05) is 5.06 Å². The van der Waals surface area contributed by atoms with Gasteiger partial charge in [-0.2, -0.15) is 0 Å². The third kappa shape index (κ3) is 4.75. The molecule has 1 N–H and O–H groups in total. The fourth-order valence-corrected chi connectivity index (χ4v) is 2.55. The minimum atomic E-state index is -0.518. The van der Waals surface area contributed by atoms with E-state index in [2.05, 4.69) is 5.32 Å². The Morgan fingerprint density at radius 2 is 1.88 bits per heavy atom. The van der Waals surface area contributed by atoms with Gasteiger partial charge in [0.1, 0.15) is 18.9 Å². The van der Waals surface area contributed by atoms with Gasteiger partial charge in [-0.3, -0.25) is 10.2 Å². The molecule has 2 aromatic rings. The van der Waals surface area contributed by atoms with Crippen LogP contribution in [0.1, 0.15) is 12.5 Å². The van der Waals surface area contributed by atoms with Crippen LogP contribution >= 0.6 is 11.6 Å². The summed E-state index contributed by atoms with van der Waals surface area (Å²) >= 11 is 5.94. The van der Waals surface area contributed by atoms with Crippen molar-refractivity contribution in [1.82, 2.24) is 5.32 Å². The van der Waals surface area contributed by atoms with Gasteiger partial charge in [0.05, 0.1) is 5.69 Å². The second kappa shape index (κ2) is 8.05. The first-order chi connectivity index (χ1) is 12.1. The summed E-state index contributed by atoms with van der Waals surface area (Å²) in [5.41, 5.74) is 1.71. The van der Waals surface area contributed by atoms with Crippen molar-refractivity contribution in [3.05, 3.63) is 77.3 Å². The molecule has 0 aliphatic carbocycles. The first kappa shape index (κ1) is 17.3. The number of hydrogen-bond donors (Lipinski definition) is 1. The van der Waals surface area contributed by atoms with E-state index >= 15 is 0 Å². The number of hydroxylamine groups is 1. The van der Waals surface area contributed by atoms with Crippen LogP contribution in [0.2, 0.25) is 5.02 Å². The smallest absolute Gasteiger partial charge is 0.409 e. The molecule has 0 bridgehead atoms. The van der Waals surface area contributed by atoms with Gasteiger partial charge in [0.2, 0.25) is 0 Å². The lowest BCUT2D eigenvalue weighted by Crippen LogP contribution is -2.50. The first-order valence-corrected chi connectivity index (χ1v) is 8.37. The molecule has 1 aliphatic rings. The van der Waals surface area contributed by atoms with Crippen molar-refractivity contribution in [1.29, 1.82) is 0 Å². The van der Waals surface area contributed by atoms with Crippen molar-refractivity contribution < 1.29 is 14.4 Å². The van der Waals surface area contributed by atoms with Gasteiger partial charge in [0.25, 0.3) is 0 Å². The summed E-state index contributed by atoms with van der Waals surface area (Å²) in [7, 11) is 0. The van der Waals surface area contributed by atoms with Crippen LogP contribution < -0.4 is 10.4 Å². The van der Waals surface area contributed by atoms with Crippen LogP contribution in [-0.4, -0.2) is 18.4 Å². The minimum absolute atomic E-state index is 0.103. The van der Waals surface area contributed by atoms with E-state index in [0.29, 0.717) is 5.02 Å². The third-order valence-electron chi connectivity index (χ3n) is 3.66. The fourth-order valence-electron chi connectivity index (χ4n) is 2.42. The van der Waals surface area contributed by atoms with E-state index in [1.165, 1.54) is 0 Å². The lowest BCUT2D eigenvalue weighted by atomic mass is 10.2. The molecule has 1 amide bonds. The summed E-state index contributed by atoms with van der Waals surface area (Å²) in [4.78, 5) is 17.9. The monoisotopic (exact) mass is 358 g/mol. The van der Waals surface area contributed by atoms with Crippen molar-refractivity contribution in [3.8, 4) is 0 Å². The van der Waals surface area contributed by atoms with Crippen LogP contribution in [0.3, 0.4) is 0 Å². The molecule has 2 atom stereocenters. The maximum absolute atomic E-state index is 12.1. The number of ether oxygens (including phenoxy) is 1. The summed E-state index contributed by atoms with van der Waals surface area (Å²) in [5.74, 6) is 0. The number of carbonyl (C=O) groups is 1. The highest BCUT2D eigenvalue weighted by Crippen LogP contribution is 2.24. The SMILES string of the molecule is CC1C=CC(NC(=O)OCc2ccccc2)N(c2ccc(Cl)cc2)O1. The standard InChI is InChI=1S/C19H19ClN2O3/c1-14-7-12-18(22(25-14)17-10-8-16(20)9-11-17)21-19(23)24-13-15-5-3-2-4-6-15/h2-12,14,18H,13H2,1H3,(H,21,23). The number of rotatable bonds is 4. The average molecular weight is 359 g/mol. The molecule has 0 saturated carbocycles. The van der Waals surface area contributed by atoms with Gasteiger partial charge in [-0.05, 0) is 42.8 Å². The molecule has 0 spiro atoms. The number of anilines is 1. The number of amides is 1. The van der Waals surface area contributed by atoms with E-state index in [9.17, 15) is 4.79 Å². The highest BCUT2D eigenvalue weighted by molar-refractivity contribution is 6.30. The Bertz CT molecular complexity index is 734. The second-order valence-corrected chi connectivity index (χ2v) is 6.08. The van der Waals surface area contributed by atoms with E-state index in [-0.39, 0.29) is 12.7 Å². The molecule has 0 saturated heterocycles. The van der Waals surface area contributed by atoms with Crippen LogP contribution in [-0.2, 0) is 16.2 Å². The molecular formula is C19H19ClN2O3. The Kier molecular flexibility index (Phi) is 5.58. The Hall–Kier alpha value is -2.50. The lowest BCUT2D eigenvalue weighted by Gasteiger charge is -2.35. The zero-order valence-corrected chi connectivity index (χ0v) is 14.5. The van der Waals surface area contributed by atoms with Crippen LogP contribution in [0.25, 0.3) is 0 Å². The normalized spacial score (nSPS) is 19.5. The summed E-state index contributed by atoms with van der Waals surface area (Å²) in [5, 5.41) is 5.06. The van der Waals surface area contributed by atoms with E-state index in [1.54, 1.807) is 17.2 Å². The van der Waals surface area contributed by atoms with Crippen LogP contribution in [0.4, 0.5) is 10.5 Å². The molecule has 2 unspecified atom stereocenters. The van der Waals surface area contributed by atoms with E-state index in [0.717, 1.165) is 11.3 Å². The molecule has 1 aliphatic heterocycles. The summed E-state index contributed by atoms with van der Waals surface area (Å²) < 4.78 is 5.27. The van der Waals surface area contributed by atoms with E-state index < -0.39 is 12.3 Å². The van der Waals surface area contributed by atoms with Crippen molar-refractivity contribution in [2.45, 2.75) is 25.8 Å². The van der Waals surface area contributed by atoms with Gasteiger partial charge in [0, 0.05) is 5.02 Å². The quantitative estimate of drug-likeness (QED) is 0.828. The molecule has 2 aromatic carbocycles. The van der Waals surface area contributed by atoms with Crippen LogP contribution in [0, 0.1) is 0 Å². The predicted molar refractivity (Wildman–Crippen MR) is 97.2 cm³/mol. The molecule has 3 rings (SSSR count). The van der Waals surface area contributed by atoms with Gasteiger partial charge < -0.3 is 4.74 Å². The molecule has 5 nitrogen and oxygen atoms in total. The molecule has 0 aromatic heterocycles. The van der Waals surface area contributed by atoms with Gasteiger partial charge in [0.15, 0.2) is 0 Å². The fraction of sp³-hybridized carbons (Fsp3) is 0.211. The minimum Gasteiger partial charge on any atom is -0.445 e. The highest BCUT2D eigenvalue weighted by atomic mass is 35.5. The van der Waals surface area contributed by atoms with Crippen LogP contribution in [0.15, 0.2) is 66.7 Å². The molecule has 0 radical (unpaired) electrons. The van der Waals surface area contributed by atoms with Crippen molar-refractivity contribution >= 4 is 23.4 Å². The molecule has 6 heteroatoms. The third-order valence-corrected chi connectivity index (χ3v) is 3.91. The Morgan fingerprint density at radius 3 is 2.60 bits per heavy atom. The molecular weight excluding hydrogens is 340 g/mol. The summed E-state index contributed by atoms with van der Waals surface area (Å²) in [6.45, 7) is 2.13. The number of carbonyl (C=O) groups excluding carboxylic acids is 1. The maximum Gasteiger partial charge on any atom is 0.409 e. The molecule has 25 heavy (non-hydrogen) atoms. The van der Waals surface area contributed by atoms with Gasteiger partial charge in [-0.1, -0.05) is 48.0 Å². The Balaban J connectivity index is 1.64. The number of hydrogen-bond acceptors (Lipinski definition) is 4. The lowest BCUT2D eigenvalue weighted by molar-refractivity contribution is 0.0430. The number of nitrogens with zero attached hydrogens (tertiary/aromatic N) is 1. The van der Waals surface area contributed by atoms with Gasteiger partial charge in [-0.15, -0.1) is 0 Å². The topological polar surface area (TPSA) is 50.8 Å². The largest absolute Gasteiger partial charge is 0.445 e. The van der Waals surface area contributed by atoms with Crippen molar-refractivity contribution in [3.63, 3.8) is 0 Å². The molecule has 0 fully saturated rings. The molecule has 130 valence electrons. The highest BCUT2D eigenvalue weighted by Gasteiger charge is 2.25. The van der Waals surface area contributed by atoms with Crippen LogP contribution in [0.5, 0.6) is 0 Å². The Morgan fingerprint density at radius 1 is 1.16 bits per heavy atom. The zero-order chi connectivity index (χ0) is 17.6. The van der Waals surface area contributed by atoms with Gasteiger partial charge in [-0.25, -0.2) is 9.86 Å².